The van der Waals surface area contributed by atoms with Crippen LogP contribution in [0.5, 0.6) is 0 Å². The summed E-state index contributed by atoms with van der Waals surface area (Å²) in [6.45, 7) is 9.18. The predicted molar refractivity (Wildman–Crippen MR) is 104 cm³/mol. The van der Waals surface area contributed by atoms with Gasteiger partial charge in [-0.15, -0.1) is 0 Å². The summed E-state index contributed by atoms with van der Waals surface area (Å²) in [5.41, 5.74) is 13.3. The molecule has 0 fully saturated rings. The fourth-order valence-electron chi connectivity index (χ4n) is 3.36. The van der Waals surface area contributed by atoms with Crippen molar-refractivity contribution in [2.24, 2.45) is 5.73 Å². The molecule has 3 aromatic rings. The summed E-state index contributed by atoms with van der Waals surface area (Å²) in [6, 6.07) is 19.2. The first kappa shape index (κ1) is 17.4. The maximum Gasteiger partial charge on any atom is 0.0657 e. The van der Waals surface area contributed by atoms with Crippen LogP contribution in [0.3, 0.4) is 0 Å². The Morgan fingerprint density at radius 1 is 0.960 bits per heavy atom. The number of benzene rings is 2. The van der Waals surface area contributed by atoms with Gasteiger partial charge in [-0.2, -0.15) is 5.10 Å². The topological polar surface area (TPSA) is 43.8 Å². The smallest absolute Gasteiger partial charge is 0.0657 e. The molecule has 0 saturated heterocycles. The van der Waals surface area contributed by atoms with Crippen molar-refractivity contribution >= 4 is 0 Å². The monoisotopic (exact) mass is 333 g/mol. The van der Waals surface area contributed by atoms with E-state index in [0.29, 0.717) is 12.5 Å². The van der Waals surface area contributed by atoms with Crippen molar-refractivity contribution in [3.63, 3.8) is 0 Å². The molecule has 0 aliphatic rings. The van der Waals surface area contributed by atoms with E-state index in [-0.39, 0.29) is 5.92 Å². The van der Waals surface area contributed by atoms with Crippen molar-refractivity contribution in [1.29, 1.82) is 0 Å². The minimum atomic E-state index is 0.124. The summed E-state index contributed by atoms with van der Waals surface area (Å²) in [6.07, 6.45) is 0. The molecule has 0 radical (unpaired) electrons. The second-order valence-corrected chi connectivity index (χ2v) is 7.11. The lowest BCUT2D eigenvalue weighted by Gasteiger charge is -2.18. The Bertz CT molecular complexity index is 827. The fourth-order valence-corrected chi connectivity index (χ4v) is 3.36. The standard InChI is InChI=1S/C22H27N3/c1-15(2)21-13-22(25(24-21)19-8-6-5-7-9-19)20(14-23)18-11-16(3)10-17(4)12-18/h5-13,15,20H,14,23H2,1-4H3. The largest absolute Gasteiger partial charge is 0.329 e. The van der Waals surface area contributed by atoms with Crippen LogP contribution < -0.4 is 5.73 Å². The molecule has 0 saturated carbocycles. The molecule has 1 atom stereocenters. The first-order valence-electron chi connectivity index (χ1n) is 8.93. The zero-order valence-corrected chi connectivity index (χ0v) is 15.5. The van der Waals surface area contributed by atoms with Crippen LogP contribution >= 0.6 is 0 Å². The van der Waals surface area contributed by atoms with Crippen LogP contribution in [-0.2, 0) is 0 Å². The molecule has 0 amide bonds. The first-order chi connectivity index (χ1) is 12.0. The van der Waals surface area contributed by atoms with E-state index >= 15 is 0 Å². The number of rotatable bonds is 5. The van der Waals surface area contributed by atoms with Crippen molar-refractivity contribution in [2.45, 2.75) is 39.5 Å². The Labute approximate surface area is 150 Å². The maximum absolute atomic E-state index is 6.23. The number of para-hydroxylation sites is 1. The van der Waals surface area contributed by atoms with Crippen LogP contribution in [0.4, 0.5) is 0 Å². The van der Waals surface area contributed by atoms with Gasteiger partial charge in [-0.3, -0.25) is 0 Å². The predicted octanol–water partition coefficient (Wildman–Crippen LogP) is 4.70. The SMILES string of the molecule is Cc1cc(C)cc(C(CN)c2cc(C(C)C)nn2-c2ccccc2)c1. The zero-order chi connectivity index (χ0) is 18.0. The summed E-state index contributed by atoms with van der Waals surface area (Å²) < 4.78 is 2.06. The summed E-state index contributed by atoms with van der Waals surface area (Å²) in [4.78, 5) is 0. The highest BCUT2D eigenvalue weighted by Gasteiger charge is 2.21. The Morgan fingerprint density at radius 2 is 1.60 bits per heavy atom. The Morgan fingerprint density at radius 3 is 2.16 bits per heavy atom. The normalized spacial score (nSPS) is 12.6. The molecule has 2 aromatic carbocycles. The quantitative estimate of drug-likeness (QED) is 0.735. The average Bonchev–Trinajstić information content (AvgIpc) is 3.01. The summed E-state index contributed by atoms with van der Waals surface area (Å²) in [5, 5.41) is 4.88. The third-order valence-corrected chi connectivity index (χ3v) is 4.59. The van der Waals surface area contributed by atoms with Crippen LogP contribution in [-0.4, -0.2) is 16.3 Å². The zero-order valence-electron chi connectivity index (χ0n) is 15.5. The molecule has 0 bridgehead atoms. The van der Waals surface area contributed by atoms with Gasteiger partial charge in [-0.05, 0) is 43.5 Å². The van der Waals surface area contributed by atoms with Crippen LogP contribution in [0.25, 0.3) is 5.69 Å². The molecule has 1 heterocycles. The van der Waals surface area contributed by atoms with E-state index in [1.54, 1.807) is 0 Å². The molecule has 3 heteroatoms. The highest BCUT2D eigenvalue weighted by Crippen LogP contribution is 2.29. The van der Waals surface area contributed by atoms with Gasteiger partial charge in [-0.1, -0.05) is 61.4 Å². The molecule has 1 aromatic heterocycles. The molecular weight excluding hydrogens is 306 g/mol. The van der Waals surface area contributed by atoms with Gasteiger partial charge in [0, 0.05) is 12.5 Å². The van der Waals surface area contributed by atoms with Crippen molar-refractivity contribution < 1.29 is 0 Å². The van der Waals surface area contributed by atoms with Gasteiger partial charge in [0.2, 0.25) is 0 Å². The lowest BCUT2D eigenvalue weighted by molar-refractivity contribution is 0.705. The van der Waals surface area contributed by atoms with Crippen LogP contribution in [0.2, 0.25) is 0 Å². The third-order valence-electron chi connectivity index (χ3n) is 4.59. The van der Waals surface area contributed by atoms with E-state index in [4.69, 9.17) is 10.8 Å². The summed E-state index contributed by atoms with van der Waals surface area (Å²) in [5.74, 6) is 0.500. The van der Waals surface area contributed by atoms with Crippen molar-refractivity contribution in [3.8, 4) is 5.69 Å². The van der Waals surface area contributed by atoms with Crippen LogP contribution in [0.1, 0.15) is 53.8 Å². The molecule has 0 aliphatic heterocycles. The van der Waals surface area contributed by atoms with E-state index in [1.165, 1.54) is 16.7 Å². The number of hydrogen-bond acceptors (Lipinski definition) is 2. The van der Waals surface area contributed by atoms with Gasteiger partial charge >= 0.3 is 0 Å². The number of nitrogens with zero attached hydrogens (tertiary/aromatic N) is 2. The minimum absolute atomic E-state index is 0.124. The molecule has 0 aliphatic carbocycles. The lowest BCUT2D eigenvalue weighted by atomic mass is 9.92. The Balaban J connectivity index is 2.16. The highest BCUT2D eigenvalue weighted by atomic mass is 15.3. The van der Waals surface area contributed by atoms with Gasteiger partial charge in [0.15, 0.2) is 0 Å². The van der Waals surface area contributed by atoms with E-state index in [1.807, 2.05) is 18.2 Å². The van der Waals surface area contributed by atoms with Gasteiger partial charge in [0.1, 0.15) is 0 Å². The molecule has 0 spiro atoms. The van der Waals surface area contributed by atoms with Crippen molar-refractivity contribution in [3.05, 3.63) is 82.7 Å². The second-order valence-electron chi connectivity index (χ2n) is 7.11. The van der Waals surface area contributed by atoms with Gasteiger partial charge in [0.05, 0.1) is 17.1 Å². The maximum atomic E-state index is 6.23. The van der Waals surface area contributed by atoms with E-state index in [9.17, 15) is 0 Å². The Hall–Kier alpha value is -2.39. The Kier molecular flexibility index (Phi) is 5.05. The number of aryl methyl sites for hydroxylation is 2. The molecule has 3 rings (SSSR count). The number of aromatic nitrogens is 2. The van der Waals surface area contributed by atoms with Crippen molar-refractivity contribution in [1.82, 2.24) is 9.78 Å². The third kappa shape index (κ3) is 3.67. The van der Waals surface area contributed by atoms with Gasteiger partial charge in [0.25, 0.3) is 0 Å². The molecule has 25 heavy (non-hydrogen) atoms. The van der Waals surface area contributed by atoms with Crippen molar-refractivity contribution in [2.75, 3.05) is 6.54 Å². The van der Waals surface area contributed by atoms with E-state index in [0.717, 1.165) is 17.1 Å². The molecule has 3 nitrogen and oxygen atoms in total. The number of nitrogens with two attached hydrogens (primary N) is 1. The van der Waals surface area contributed by atoms with Crippen LogP contribution in [0, 0.1) is 13.8 Å². The molecular formula is C22H27N3. The number of hydrogen-bond donors (Lipinski definition) is 1. The summed E-state index contributed by atoms with van der Waals surface area (Å²) in [7, 11) is 0. The van der Waals surface area contributed by atoms with Gasteiger partial charge in [-0.25, -0.2) is 4.68 Å². The average molecular weight is 333 g/mol. The molecule has 2 N–H and O–H groups in total. The first-order valence-corrected chi connectivity index (χ1v) is 8.93. The van der Waals surface area contributed by atoms with Gasteiger partial charge < -0.3 is 5.73 Å². The molecule has 130 valence electrons. The van der Waals surface area contributed by atoms with E-state index < -0.39 is 0 Å². The van der Waals surface area contributed by atoms with Crippen LogP contribution in [0.15, 0.2) is 54.6 Å². The summed E-state index contributed by atoms with van der Waals surface area (Å²) >= 11 is 0. The molecule has 1 unspecified atom stereocenters. The fraction of sp³-hybridized carbons (Fsp3) is 0.318. The lowest BCUT2D eigenvalue weighted by Crippen LogP contribution is -2.18. The minimum Gasteiger partial charge on any atom is -0.329 e. The van der Waals surface area contributed by atoms with E-state index in [2.05, 4.69) is 68.8 Å². The highest BCUT2D eigenvalue weighted by molar-refractivity contribution is 5.41. The second kappa shape index (κ2) is 7.24.